The minimum Gasteiger partial charge on any atom is -0.505 e. The summed E-state index contributed by atoms with van der Waals surface area (Å²) in [5.41, 5.74) is 0.842. The van der Waals surface area contributed by atoms with Crippen molar-refractivity contribution in [2.24, 2.45) is 5.92 Å². The normalized spacial score (nSPS) is 13.3. The number of phenols is 1. The zero-order chi connectivity index (χ0) is 13.7. The van der Waals surface area contributed by atoms with E-state index in [1.807, 2.05) is 14.1 Å². The van der Waals surface area contributed by atoms with E-state index in [-0.39, 0.29) is 5.75 Å². The average molecular weight is 254 g/mol. The van der Waals surface area contributed by atoms with Crippen molar-refractivity contribution in [1.29, 1.82) is 0 Å². The summed E-state index contributed by atoms with van der Waals surface area (Å²) in [6.45, 7) is 5.88. The monoisotopic (exact) mass is 254 g/mol. The van der Waals surface area contributed by atoms with Gasteiger partial charge in [0.25, 0.3) is 0 Å². The maximum Gasteiger partial charge on any atom is 0.165 e. The molecule has 0 saturated carbocycles. The SMILES string of the molecule is CC(C)C(CN(C)C)NCc1ccc(O)c(F)c1. The molecule has 102 valence electrons. The summed E-state index contributed by atoms with van der Waals surface area (Å²) >= 11 is 0. The van der Waals surface area contributed by atoms with Crippen molar-refractivity contribution >= 4 is 0 Å². The smallest absolute Gasteiger partial charge is 0.165 e. The molecule has 1 aromatic carbocycles. The van der Waals surface area contributed by atoms with Crippen LogP contribution in [0.2, 0.25) is 0 Å². The van der Waals surface area contributed by atoms with Crippen LogP contribution in [0.1, 0.15) is 19.4 Å². The zero-order valence-corrected chi connectivity index (χ0v) is 11.6. The van der Waals surface area contributed by atoms with Crippen LogP contribution < -0.4 is 5.32 Å². The van der Waals surface area contributed by atoms with Crippen LogP contribution in [-0.2, 0) is 6.54 Å². The maximum atomic E-state index is 13.2. The third kappa shape index (κ3) is 4.63. The summed E-state index contributed by atoms with van der Waals surface area (Å²) < 4.78 is 13.2. The summed E-state index contributed by atoms with van der Waals surface area (Å²) in [6.07, 6.45) is 0. The molecule has 2 N–H and O–H groups in total. The molecule has 0 radical (unpaired) electrons. The first-order valence-electron chi connectivity index (χ1n) is 6.25. The van der Waals surface area contributed by atoms with E-state index in [0.29, 0.717) is 18.5 Å². The standard InChI is InChI=1S/C14H23FN2O/c1-10(2)13(9-17(3)4)16-8-11-5-6-14(18)12(15)7-11/h5-7,10,13,16,18H,8-9H2,1-4H3. The van der Waals surface area contributed by atoms with E-state index < -0.39 is 5.82 Å². The lowest BCUT2D eigenvalue weighted by atomic mass is 10.0. The van der Waals surface area contributed by atoms with Gasteiger partial charge in [-0.1, -0.05) is 19.9 Å². The Morgan fingerprint density at radius 3 is 2.50 bits per heavy atom. The van der Waals surface area contributed by atoms with Crippen LogP contribution in [0, 0.1) is 11.7 Å². The number of halogens is 1. The highest BCUT2D eigenvalue weighted by Crippen LogP contribution is 2.16. The lowest BCUT2D eigenvalue weighted by Crippen LogP contribution is -2.41. The first-order valence-corrected chi connectivity index (χ1v) is 6.25. The van der Waals surface area contributed by atoms with E-state index in [0.717, 1.165) is 12.1 Å². The number of benzene rings is 1. The van der Waals surface area contributed by atoms with Gasteiger partial charge in [-0.25, -0.2) is 4.39 Å². The topological polar surface area (TPSA) is 35.5 Å². The number of aromatic hydroxyl groups is 1. The molecule has 0 saturated heterocycles. The van der Waals surface area contributed by atoms with Gasteiger partial charge in [0, 0.05) is 19.1 Å². The quantitative estimate of drug-likeness (QED) is 0.817. The van der Waals surface area contributed by atoms with Gasteiger partial charge in [0.15, 0.2) is 11.6 Å². The summed E-state index contributed by atoms with van der Waals surface area (Å²) in [5.74, 6) is -0.357. The van der Waals surface area contributed by atoms with Gasteiger partial charge in [-0.15, -0.1) is 0 Å². The Hall–Kier alpha value is -1.13. The van der Waals surface area contributed by atoms with Gasteiger partial charge >= 0.3 is 0 Å². The van der Waals surface area contributed by atoms with E-state index in [4.69, 9.17) is 5.11 Å². The molecular weight excluding hydrogens is 231 g/mol. The molecule has 0 aliphatic heterocycles. The second-order valence-electron chi connectivity index (χ2n) is 5.28. The van der Waals surface area contributed by atoms with E-state index in [1.54, 1.807) is 6.07 Å². The Morgan fingerprint density at radius 1 is 1.33 bits per heavy atom. The third-order valence-corrected chi connectivity index (χ3v) is 2.95. The molecule has 1 unspecified atom stereocenters. The average Bonchev–Trinajstić information content (AvgIpc) is 2.28. The van der Waals surface area contributed by atoms with Crippen molar-refractivity contribution in [3.63, 3.8) is 0 Å². The lowest BCUT2D eigenvalue weighted by Gasteiger charge is -2.25. The molecule has 0 spiro atoms. The third-order valence-electron chi connectivity index (χ3n) is 2.95. The van der Waals surface area contributed by atoms with Crippen molar-refractivity contribution in [2.45, 2.75) is 26.4 Å². The summed E-state index contributed by atoms with van der Waals surface area (Å²) in [6, 6.07) is 4.85. The maximum absolute atomic E-state index is 13.2. The Kier molecular flexibility index (Phi) is 5.56. The van der Waals surface area contributed by atoms with Crippen LogP contribution in [-0.4, -0.2) is 36.7 Å². The fraction of sp³-hybridized carbons (Fsp3) is 0.571. The summed E-state index contributed by atoms with van der Waals surface area (Å²) in [5, 5.41) is 12.5. The molecule has 0 fully saturated rings. The van der Waals surface area contributed by atoms with Crippen molar-refractivity contribution in [3.05, 3.63) is 29.6 Å². The molecule has 18 heavy (non-hydrogen) atoms. The molecule has 0 bridgehead atoms. The van der Waals surface area contributed by atoms with E-state index in [1.165, 1.54) is 12.1 Å². The molecule has 1 atom stereocenters. The van der Waals surface area contributed by atoms with Gasteiger partial charge in [-0.3, -0.25) is 0 Å². The molecule has 1 aromatic rings. The lowest BCUT2D eigenvalue weighted by molar-refractivity contribution is 0.288. The predicted molar refractivity (Wildman–Crippen MR) is 72.1 cm³/mol. The minimum atomic E-state index is -0.567. The zero-order valence-electron chi connectivity index (χ0n) is 11.6. The van der Waals surface area contributed by atoms with Crippen LogP contribution in [0.3, 0.4) is 0 Å². The Morgan fingerprint density at radius 2 is 2.00 bits per heavy atom. The van der Waals surface area contributed by atoms with Gasteiger partial charge in [-0.2, -0.15) is 0 Å². The molecule has 1 rings (SSSR count). The van der Waals surface area contributed by atoms with Gasteiger partial charge < -0.3 is 15.3 Å². The molecule has 0 amide bonds. The Bertz CT molecular complexity index is 380. The predicted octanol–water partition coefficient (Wildman–Crippen LogP) is 2.21. The van der Waals surface area contributed by atoms with E-state index >= 15 is 0 Å². The van der Waals surface area contributed by atoms with E-state index in [9.17, 15) is 4.39 Å². The number of phenolic OH excluding ortho intramolecular Hbond substituents is 1. The van der Waals surface area contributed by atoms with E-state index in [2.05, 4.69) is 24.1 Å². The van der Waals surface area contributed by atoms with Crippen LogP contribution in [0.5, 0.6) is 5.75 Å². The highest BCUT2D eigenvalue weighted by Gasteiger charge is 2.13. The van der Waals surface area contributed by atoms with Crippen LogP contribution in [0.25, 0.3) is 0 Å². The number of likely N-dealkylation sites (N-methyl/N-ethyl adjacent to an activating group) is 1. The largest absolute Gasteiger partial charge is 0.505 e. The molecule has 4 heteroatoms. The summed E-state index contributed by atoms with van der Waals surface area (Å²) in [7, 11) is 4.08. The van der Waals surface area contributed by atoms with Crippen LogP contribution in [0.4, 0.5) is 4.39 Å². The van der Waals surface area contributed by atoms with Gasteiger partial charge in [0.2, 0.25) is 0 Å². The first-order chi connectivity index (χ1) is 8.40. The fourth-order valence-electron chi connectivity index (χ4n) is 1.81. The van der Waals surface area contributed by atoms with Crippen molar-refractivity contribution in [1.82, 2.24) is 10.2 Å². The molecule has 0 aliphatic carbocycles. The number of nitrogens with one attached hydrogen (secondary N) is 1. The van der Waals surface area contributed by atoms with Crippen LogP contribution in [0.15, 0.2) is 18.2 Å². The highest BCUT2D eigenvalue weighted by atomic mass is 19.1. The van der Waals surface area contributed by atoms with Gasteiger partial charge in [0.1, 0.15) is 0 Å². The molecule has 0 aromatic heterocycles. The number of hydrogen-bond acceptors (Lipinski definition) is 3. The molecular formula is C14H23FN2O. The minimum absolute atomic E-state index is 0.299. The Labute approximate surface area is 109 Å². The second kappa shape index (κ2) is 6.71. The van der Waals surface area contributed by atoms with Crippen molar-refractivity contribution < 1.29 is 9.50 Å². The number of nitrogens with zero attached hydrogens (tertiary/aromatic N) is 1. The fourth-order valence-corrected chi connectivity index (χ4v) is 1.81. The van der Waals surface area contributed by atoms with Gasteiger partial charge in [0.05, 0.1) is 0 Å². The van der Waals surface area contributed by atoms with Crippen molar-refractivity contribution in [3.8, 4) is 5.75 Å². The molecule has 0 aliphatic rings. The molecule has 0 heterocycles. The second-order valence-corrected chi connectivity index (χ2v) is 5.28. The van der Waals surface area contributed by atoms with Crippen molar-refractivity contribution in [2.75, 3.05) is 20.6 Å². The van der Waals surface area contributed by atoms with Crippen LogP contribution >= 0.6 is 0 Å². The summed E-state index contributed by atoms with van der Waals surface area (Å²) in [4.78, 5) is 2.13. The Balaban J connectivity index is 2.58. The number of hydrogen-bond donors (Lipinski definition) is 2. The first kappa shape index (κ1) is 14.9. The number of rotatable bonds is 6. The molecule has 3 nitrogen and oxygen atoms in total. The highest BCUT2D eigenvalue weighted by molar-refractivity contribution is 5.27. The van der Waals surface area contributed by atoms with Gasteiger partial charge in [-0.05, 0) is 37.7 Å².